The minimum absolute atomic E-state index is 0.0544. The zero-order valence-electron chi connectivity index (χ0n) is 9.13. The van der Waals surface area contributed by atoms with Crippen LogP contribution in [0.25, 0.3) is 0 Å². The lowest BCUT2D eigenvalue weighted by molar-refractivity contribution is 0.0727. The number of amides is 1. The zero-order valence-corrected chi connectivity index (χ0v) is 13.1. The number of nitrogens with zero attached hydrogens (tertiary/aromatic N) is 1. The Morgan fingerprint density at radius 3 is 2.65 bits per heavy atom. The molecule has 1 aromatic carbocycles. The minimum atomic E-state index is 0.0544. The first-order chi connectivity index (χ1) is 8.08. The van der Waals surface area contributed by atoms with E-state index in [0.29, 0.717) is 15.4 Å². The van der Waals surface area contributed by atoms with Crippen LogP contribution in [0, 0.1) is 0 Å². The van der Waals surface area contributed by atoms with Gasteiger partial charge in [-0.25, -0.2) is 0 Å². The van der Waals surface area contributed by atoms with E-state index in [4.69, 9.17) is 11.6 Å². The summed E-state index contributed by atoms with van der Waals surface area (Å²) in [7, 11) is 0. The predicted molar refractivity (Wildman–Crippen MR) is 77.0 cm³/mol. The Balaban J connectivity index is 2.16. The molecule has 1 aliphatic rings. The smallest absolute Gasteiger partial charge is 0.255 e. The maximum absolute atomic E-state index is 12.3. The van der Waals surface area contributed by atoms with E-state index in [0.717, 1.165) is 30.4 Å². The Labute approximate surface area is 123 Å². The van der Waals surface area contributed by atoms with Crippen LogP contribution in [0.1, 0.15) is 23.2 Å². The van der Waals surface area contributed by atoms with Crippen molar-refractivity contribution >= 4 is 49.4 Å². The van der Waals surface area contributed by atoms with Gasteiger partial charge in [-0.3, -0.25) is 4.79 Å². The van der Waals surface area contributed by atoms with Crippen LogP contribution in [0.5, 0.6) is 0 Å². The van der Waals surface area contributed by atoms with Crippen molar-refractivity contribution in [1.82, 2.24) is 4.90 Å². The molecule has 0 atom stereocenters. The second-order valence-electron chi connectivity index (χ2n) is 4.09. The molecule has 17 heavy (non-hydrogen) atoms. The number of halogens is 3. The van der Waals surface area contributed by atoms with Gasteiger partial charge in [-0.05, 0) is 47.0 Å². The summed E-state index contributed by atoms with van der Waals surface area (Å²) in [4.78, 5) is 14.7. The van der Waals surface area contributed by atoms with E-state index < -0.39 is 0 Å². The molecule has 1 aliphatic heterocycles. The molecule has 2 nitrogen and oxygen atoms in total. The van der Waals surface area contributed by atoms with Gasteiger partial charge in [-0.2, -0.15) is 0 Å². The first-order valence-electron chi connectivity index (χ1n) is 5.46. The van der Waals surface area contributed by atoms with Crippen LogP contribution in [0.3, 0.4) is 0 Å². The summed E-state index contributed by atoms with van der Waals surface area (Å²) in [6.07, 6.45) is 2.01. The highest BCUT2D eigenvalue weighted by atomic mass is 79.9. The Hall–Kier alpha value is -0.0600. The van der Waals surface area contributed by atoms with Crippen molar-refractivity contribution < 1.29 is 4.79 Å². The van der Waals surface area contributed by atoms with Crippen LogP contribution in [-0.2, 0) is 0 Å². The fourth-order valence-electron chi connectivity index (χ4n) is 1.88. The van der Waals surface area contributed by atoms with E-state index >= 15 is 0 Å². The summed E-state index contributed by atoms with van der Waals surface area (Å²) in [5, 5.41) is 0.590. The molecule has 0 unspecified atom stereocenters. The SMILES string of the molecule is O=C(c1cc(Cl)ccc1Br)N1CCC(Br)CC1. The molecular weight excluding hydrogens is 369 g/mol. The number of piperidine rings is 1. The van der Waals surface area contributed by atoms with E-state index in [9.17, 15) is 4.79 Å². The monoisotopic (exact) mass is 379 g/mol. The van der Waals surface area contributed by atoms with Gasteiger partial charge in [0.1, 0.15) is 0 Å². The lowest BCUT2D eigenvalue weighted by Gasteiger charge is -2.29. The van der Waals surface area contributed by atoms with Gasteiger partial charge in [-0.15, -0.1) is 0 Å². The van der Waals surface area contributed by atoms with Gasteiger partial charge in [0.15, 0.2) is 0 Å². The molecule has 0 aliphatic carbocycles. The topological polar surface area (TPSA) is 20.3 Å². The fourth-order valence-corrected chi connectivity index (χ4v) is 2.88. The second kappa shape index (κ2) is 5.72. The normalized spacial score (nSPS) is 17.2. The third-order valence-electron chi connectivity index (χ3n) is 2.87. The molecule has 0 spiro atoms. The van der Waals surface area contributed by atoms with Crippen molar-refractivity contribution in [1.29, 1.82) is 0 Å². The summed E-state index contributed by atoms with van der Waals surface area (Å²) < 4.78 is 0.799. The average molecular weight is 381 g/mol. The van der Waals surface area contributed by atoms with Gasteiger partial charge >= 0.3 is 0 Å². The van der Waals surface area contributed by atoms with E-state index in [1.165, 1.54) is 0 Å². The third-order valence-corrected chi connectivity index (χ3v) is 4.71. The average Bonchev–Trinajstić information content (AvgIpc) is 2.32. The lowest BCUT2D eigenvalue weighted by Crippen LogP contribution is -2.38. The van der Waals surface area contributed by atoms with Crippen molar-refractivity contribution in [2.75, 3.05) is 13.1 Å². The number of benzene rings is 1. The Morgan fingerprint density at radius 2 is 2.00 bits per heavy atom. The molecule has 1 amide bonds. The molecule has 0 N–H and O–H groups in total. The van der Waals surface area contributed by atoms with Gasteiger partial charge in [0, 0.05) is 27.4 Å². The maximum Gasteiger partial charge on any atom is 0.255 e. The molecule has 1 aromatic rings. The van der Waals surface area contributed by atoms with Crippen molar-refractivity contribution in [2.24, 2.45) is 0 Å². The van der Waals surface area contributed by atoms with Crippen LogP contribution < -0.4 is 0 Å². The third kappa shape index (κ3) is 3.24. The molecule has 2 rings (SSSR count). The van der Waals surface area contributed by atoms with Crippen LogP contribution >= 0.6 is 43.5 Å². The highest BCUT2D eigenvalue weighted by Gasteiger charge is 2.23. The van der Waals surface area contributed by atoms with E-state index in [-0.39, 0.29) is 5.91 Å². The molecule has 1 saturated heterocycles. The van der Waals surface area contributed by atoms with Crippen molar-refractivity contribution in [3.63, 3.8) is 0 Å². The molecule has 1 fully saturated rings. The summed E-state index contributed by atoms with van der Waals surface area (Å²) in [5.74, 6) is 0.0544. The first kappa shape index (κ1) is 13.4. The Kier molecular flexibility index (Phi) is 4.50. The van der Waals surface area contributed by atoms with Crippen LogP contribution in [-0.4, -0.2) is 28.7 Å². The van der Waals surface area contributed by atoms with Gasteiger partial charge in [0.25, 0.3) is 5.91 Å². The van der Waals surface area contributed by atoms with E-state index in [1.54, 1.807) is 12.1 Å². The highest BCUT2D eigenvalue weighted by Crippen LogP contribution is 2.25. The van der Waals surface area contributed by atoms with Crippen LogP contribution in [0.15, 0.2) is 22.7 Å². The molecule has 5 heteroatoms. The number of rotatable bonds is 1. The number of hydrogen-bond acceptors (Lipinski definition) is 1. The standard InChI is InChI=1S/C12H12Br2ClNO/c13-8-3-5-16(6-4-8)12(17)10-7-9(15)1-2-11(10)14/h1-2,7-8H,3-6H2. The molecule has 0 bridgehead atoms. The number of carbonyl (C=O) groups excluding carboxylic acids is 1. The minimum Gasteiger partial charge on any atom is -0.339 e. The Morgan fingerprint density at radius 1 is 1.35 bits per heavy atom. The predicted octanol–water partition coefficient (Wildman–Crippen LogP) is 4.10. The maximum atomic E-state index is 12.3. The molecule has 1 heterocycles. The molecule has 0 saturated carbocycles. The van der Waals surface area contributed by atoms with Crippen LogP contribution in [0.4, 0.5) is 0 Å². The number of likely N-dealkylation sites (tertiary alicyclic amines) is 1. The summed E-state index contributed by atoms with van der Waals surface area (Å²) in [5.41, 5.74) is 0.644. The molecular formula is C12H12Br2ClNO. The van der Waals surface area contributed by atoms with Gasteiger partial charge < -0.3 is 4.90 Å². The zero-order chi connectivity index (χ0) is 12.4. The van der Waals surface area contributed by atoms with Crippen molar-refractivity contribution in [3.8, 4) is 0 Å². The fraction of sp³-hybridized carbons (Fsp3) is 0.417. The lowest BCUT2D eigenvalue weighted by atomic mass is 10.1. The van der Waals surface area contributed by atoms with Gasteiger partial charge in [0.2, 0.25) is 0 Å². The van der Waals surface area contributed by atoms with E-state index in [1.807, 2.05) is 11.0 Å². The summed E-state index contributed by atoms with van der Waals surface area (Å²) in [6.45, 7) is 1.60. The van der Waals surface area contributed by atoms with Crippen LogP contribution in [0.2, 0.25) is 5.02 Å². The highest BCUT2D eigenvalue weighted by molar-refractivity contribution is 9.10. The Bertz CT molecular complexity index is 431. The number of alkyl halides is 1. The number of hydrogen-bond donors (Lipinski definition) is 0. The molecule has 0 aromatic heterocycles. The van der Waals surface area contributed by atoms with Crippen molar-refractivity contribution in [2.45, 2.75) is 17.7 Å². The van der Waals surface area contributed by atoms with E-state index in [2.05, 4.69) is 31.9 Å². The van der Waals surface area contributed by atoms with Gasteiger partial charge in [0.05, 0.1) is 5.56 Å². The quantitative estimate of drug-likeness (QED) is 0.671. The molecule has 0 radical (unpaired) electrons. The summed E-state index contributed by atoms with van der Waals surface area (Å²) >= 11 is 12.9. The molecule has 92 valence electrons. The largest absolute Gasteiger partial charge is 0.339 e. The number of carbonyl (C=O) groups is 1. The summed E-state index contributed by atoms with van der Waals surface area (Å²) in [6, 6.07) is 5.30. The van der Waals surface area contributed by atoms with Crippen molar-refractivity contribution in [3.05, 3.63) is 33.3 Å². The van der Waals surface area contributed by atoms with Gasteiger partial charge in [-0.1, -0.05) is 27.5 Å². The second-order valence-corrected chi connectivity index (χ2v) is 6.68. The first-order valence-corrected chi connectivity index (χ1v) is 7.55.